The van der Waals surface area contributed by atoms with Crippen LogP contribution >= 0.6 is 7.82 Å². The summed E-state index contributed by atoms with van der Waals surface area (Å²) in [5.41, 5.74) is 0. The fraction of sp³-hybridized carbons (Fsp3) is 0.946. The molecule has 9 nitrogen and oxygen atoms in total. The maximum Gasteiger partial charge on any atom is 0.306 e. The van der Waals surface area contributed by atoms with E-state index < -0.39 is 26.5 Å². The minimum Gasteiger partial charge on any atom is -0.756 e. The number of carbonyl (C=O) groups is 2. The first-order chi connectivity index (χ1) is 22.5. The summed E-state index contributed by atoms with van der Waals surface area (Å²) in [7, 11) is 1.18. The topological polar surface area (TPSA) is 111 Å². The van der Waals surface area contributed by atoms with Crippen LogP contribution in [0.25, 0.3) is 0 Å². The first-order valence-corrected chi connectivity index (χ1v) is 20.7. The number of phosphoric acid groups is 1. The molecule has 2 atom stereocenters. The number of carbonyl (C=O) groups excluding carboxylic acids is 2. The molecule has 0 rings (SSSR count). The summed E-state index contributed by atoms with van der Waals surface area (Å²) in [5.74, 6) is -0.829. The molecule has 0 radical (unpaired) electrons. The summed E-state index contributed by atoms with van der Waals surface area (Å²) in [5, 5.41) is 0. The maximum absolute atomic E-state index is 12.6. The van der Waals surface area contributed by atoms with Crippen molar-refractivity contribution in [3.63, 3.8) is 0 Å². The molecule has 0 amide bonds. The van der Waals surface area contributed by atoms with Crippen molar-refractivity contribution in [2.24, 2.45) is 0 Å². The Kier molecular flexibility index (Phi) is 30.4. The summed E-state index contributed by atoms with van der Waals surface area (Å²) < 4.78 is 33.7. The van der Waals surface area contributed by atoms with E-state index in [1.807, 2.05) is 21.1 Å². The second kappa shape index (κ2) is 31.0. The predicted octanol–water partition coefficient (Wildman–Crippen LogP) is 9.44. The van der Waals surface area contributed by atoms with Crippen molar-refractivity contribution in [2.45, 2.75) is 180 Å². The number of hydrogen-bond acceptors (Lipinski definition) is 8. The van der Waals surface area contributed by atoms with Gasteiger partial charge in [0, 0.05) is 12.8 Å². The highest BCUT2D eigenvalue weighted by molar-refractivity contribution is 7.45. The molecule has 0 saturated carbocycles. The minimum absolute atomic E-state index is 0.0262. The average Bonchev–Trinajstić information content (AvgIpc) is 3.01. The zero-order valence-corrected chi connectivity index (χ0v) is 32.1. The van der Waals surface area contributed by atoms with Crippen molar-refractivity contribution in [3.05, 3.63) is 0 Å². The third-order valence-corrected chi connectivity index (χ3v) is 9.34. The van der Waals surface area contributed by atoms with E-state index in [0.29, 0.717) is 17.4 Å². The van der Waals surface area contributed by atoms with Crippen LogP contribution in [0.15, 0.2) is 0 Å². The van der Waals surface area contributed by atoms with Gasteiger partial charge in [-0.3, -0.25) is 14.2 Å². The number of esters is 2. The van der Waals surface area contributed by atoms with Crippen LogP contribution in [0.1, 0.15) is 174 Å². The van der Waals surface area contributed by atoms with E-state index in [1.165, 1.54) is 109 Å². The lowest BCUT2D eigenvalue weighted by Gasteiger charge is -2.28. The molecule has 0 spiro atoms. The largest absolute Gasteiger partial charge is 0.756 e. The Bertz CT molecular complexity index is 789. The number of likely N-dealkylation sites (N-methyl/N-ethyl adjacent to an activating group) is 1. The molecule has 280 valence electrons. The van der Waals surface area contributed by atoms with Gasteiger partial charge in [-0.25, -0.2) is 0 Å². The number of phosphoric ester groups is 1. The fourth-order valence-corrected chi connectivity index (χ4v) is 6.03. The number of rotatable bonds is 35. The van der Waals surface area contributed by atoms with Crippen LogP contribution in [-0.2, 0) is 32.7 Å². The number of hydrogen-bond donors (Lipinski definition) is 0. The van der Waals surface area contributed by atoms with Gasteiger partial charge in [0.05, 0.1) is 27.7 Å². The first kappa shape index (κ1) is 46.0. The van der Waals surface area contributed by atoms with Crippen LogP contribution < -0.4 is 4.89 Å². The van der Waals surface area contributed by atoms with Gasteiger partial charge in [0.25, 0.3) is 7.82 Å². The second-order valence-electron chi connectivity index (χ2n) is 14.3. The summed E-state index contributed by atoms with van der Waals surface area (Å²) in [6.07, 6.45) is 27.0. The predicted molar refractivity (Wildman–Crippen MR) is 190 cm³/mol. The number of ether oxygens (including phenoxy) is 2. The Morgan fingerprint density at radius 3 is 1.36 bits per heavy atom. The molecule has 0 aliphatic heterocycles. The molecule has 0 aromatic rings. The second-order valence-corrected chi connectivity index (χ2v) is 15.7. The number of nitrogens with zero attached hydrogens (tertiary/aromatic N) is 1. The molecule has 47 heavy (non-hydrogen) atoms. The third kappa shape index (κ3) is 34.7. The normalized spacial score (nSPS) is 13.7. The molecule has 0 bridgehead atoms. The molecular weight excluding hydrogens is 617 g/mol. The summed E-state index contributed by atoms with van der Waals surface area (Å²) >= 11 is 0. The van der Waals surface area contributed by atoms with Crippen LogP contribution in [0, 0.1) is 0 Å². The van der Waals surface area contributed by atoms with Crippen molar-refractivity contribution in [2.75, 3.05) is 47.5 Å². The average molecular weight is 692 g/mol. The van der Waals surface area contributed by atoms with Gasteiger partial charge in [-0.15, -0.1) is 0 Å². The maximum atomic E-state index is 12.6. The molecule has 0 saturated heterocycles. The van der Waals surface area contributed by atoms with Gasteiger partial charge in [0.15, 0.2) is 6.10 Å². The zero-order valence-electron chi connectivity index (χ0n) is 31.2. The van der Waals surface area contributed by atoms with Gasteiger partial charge in [-0.05, 0) is 12.8 Å². The van der Waals surface area contributed by atoms with Gasteiger partial charge in [0.2, 0.25) is 0 Å². The highest BCUT2D eigenvalue weighted by Crippen LogP contribution is 2.38. The summed E-state index contributed by atoms with van der Waals surface area (Å²) in [6.45, 7) is 4.21. The van der Waals surface area contributed by atoms with Crippen molar-refractivity contribution in [3.8, 4) is 0 Å². The summed E-state index contributed by atoms with van der Waals surface area (Å²) in [6, 6.07) is 0. The van der Waals surface area contributed by atoms with Crippen molar-refractivity contribution < 1.29 is 42.1 Å². The minimum atomic E-state index is -4.61. The van der Waals surface area contributed by atoms with E-state index in [2.05, 4.69) is 13.8 Å². The Hall–Kier alpha value is -0.990. The highest BCUT2D eigenvalue weighted by atomic mass is 31.2. The van der Waals surface area contributed by atoms with E-state index in [1.54, 1.807) is 0 Å². The van der Waals surface area contributed by atoms with Crippen LogP contribution in [0.2, 0.25) is 0 Å². The van der Waals surface area contributed by atoms with Crippen molar-refractivity contribution in [1.29, 1.82) is 0 Å². The van der Waals surface area contributed by atoms with Crippen molar-refractivity contribution >= 4 is 19.8 Å². The van der Waals surface area contributed by atoms with Crippen LogP contribution in [-0.4, -0.2) is 70.0 Å². The molecule has 10 heteroatoms. The Balaban J connectivity index is 4.39. The number of quaternary nitrogens is 1. The lowest BCUT2D eigenvalue weighted by molar-refractivity contribution is -0.870. The van der Waals surface area contributed by atoms with Crippen LogP contribution in [0.3, 0.4) is 0 Å². The molecule has 0 N–H and O–H groups in total. The van der Waals surface area contributed by atoms with Gasteiger partial charge in [-0.2, -0.15) is 0 Å². The van der Waals surface area contributed by atoms with Gasteiger partial charge < -0.3 is 27.9 Å². The highest BCUT2D eigenvalue weighted by Gasteiger charge is 2.21. The Morgan fingerprint density at radius 2 is 0.957 bits per heavy atom. The van der Waals surface area contributed by atoms with E-state index in [0.717, 1.165) is 32.1 Å². The molecular formula is C37H74NO8P. The fourth-order valence-electron chi connectivity index (χ4n) is 5.30. The van der Waals surface area contributed by atoms with E-state index in [9.17, 15) is 19.0 Å². The molecule has 0 heterocycles. The Morgan fingerprint density at radius 1 is 0.574 bits per heavy atom. The monoisotopic (exact) mass is 692 g/mol. The molecule has 0 aliphatic rings. The molecule has 2 unspecified atom stereocenters. The van der Waals surface area contributed by atoms with Gasteiger partial charge in [0.1, 0.15) is 19.8 Å². The quantitative estimate of drug-likeness (QED) is 0.0280. The third-order valence-electron chi connectivity index (χ3n) is 8.38. The molecule has 0 aromatic heterocycles. The molecule has 0 fully saturated rings. The van der Waals surface area contributed by atoms with E-state index >= 15 is 0 Å². The van der Waals surface area contributed by atoms with Crippen molar-refractivity contribution in [1.82, 2.24) is 0 Å². The SMILES string of the molecule is CCCCCCCCCCCCCCCCC(=O)OC(COC(=O)CCCCCCCCCCC)COP(=O)([O-])OCC[N+](C)(C)C. The lowest BCUT2D eigenvalue weighted by Crippen LogP contribution is -2.37. The number of unbranched alkanes of at least 4 members (excludes halogenated alkanes) is 21. The smallest absolute Gasteiger partial charge is 0.306 e. The summed E-state index contributed by atoms with van der Waals surface area (Å²) in [4.78, 5) is 37.2. The van der Waals surface area contributed by atoms with E-state index in [-0.39, 0.29) is 32.0 Å². The molecule has 0 aliphatic carbocycles. The lowest BCUT2D eigenvalue weighted by atomic mass is 10.0. The Labute approximate surface area is 289 Å². The van der Waals surface area contributed by atoms with Crippen LogP contribution in [0.4, 0.5) is 0 Å². The van der Waals surface area contributed by atoms with Crippen LogP contribution in [0.5, 0.6) is 0 Å². The molecule has 0 aromatic carbocycles. The van der Waals surface area contributed by atoms with Gasteiger partial charge in [-0.1, -0.05) is 149 Å². The first-order valence-electron chi connectivity index (χ1n) is 19.2. The van der Waals surface area contributed by atoms with Gasteiger partial charge >= 0.3 is 11.9 Å². The zero-order chi connectivity index (χ0) is 35.1. The van der Waals surface area contributed by atoms with E-state index in [4.69, 9.17) is 18.5 Å². The standard InChI is InChI=1S/C37H74NO8P/c1-6-8-10-12-14-16-17-18-19-20-22-24-26-28-30-37(40)46-35(34-45-47(41,42)44-32-31-38(3,4)5)33-43-36(39)29-27-25-23-21-15-13-11-9-7-2/h35H,6-34H2,1-5H3.